The molecule has 23 heavy (non-hydrogen) atoms. The van der Waals surface area contributed by atoms with Crippen molar-refractivity contribution in [2.75, 3.05) is 5.32 Å². The second-order valence-corrected chi connectivity index (χ2v) is 4.70. The van der Waals surface area contributed by atoms with E-state index in [0.717, 1.165) is 0 Å². The molecule has 11 nitrogen and oxygen atoms in total. The first-order valence-electron chi connectivity index (χ1n) is 6.62. The molecule has 2 rings (SSSR count). The number of carbonyl (C=O) groups is 2. The maximum atomic E-state index is 12.3. The van der Waals surface area contributed by atoms with Crippen molar-refractivity contribution in [1.82, 2.24) is 19.6 Å². The van der Waals surface area contributed by atoms with Crippen LogP contribution in [0, 0.1) is 17.0 Å². The molecule has 0 atom stereocenters. The van der Waals surface area contributed by atoms with Crippen LogP contribution in [0.25, 0.3) is 0 Å². The van der Waals surface area contributed by atoms with Gasteiger partial charge in [-0.25, -0.2) is 0 Å². The molecule has 3 N–H and O–H groups in total. The predicted octanol–water partition coefficient (Wildman–Crippen LogP) is 0.204. The van der Waals surface area contributed by atoms with Gasteiger partial charge in [0.05, 0.1) is 16.8 Å². The van der Waals surface area contributed by atoms with Crippen LogP contribution in [-0.4, -0.2) is 36.3 Å². The zero-order chi connectivity index (χ0) is 17.3. The number of amides is 2. The maximum absolute atomic E-state index is 12.3. The lowest BCUT2D eigenvalue weighted by Crippen LogP contribution is -2.21. The van der Waals surface area contributed by atoms with Gasteiger partial charge in [-0.3, -0.25) is 29.1 Å². The third-order valence-electron chi connectivity index (χ3n) is 3.32. The Kier molecular flexibility index (Phi) is 4.12. The molecule has 0 unspecified atom stereocenters. The van der Waals surface area contributed by atoms with Gasteiger partial charge in [-0.15, -0.1) is 0 Å². The predicted molar refractivity (Wildman–Crippen MR) is 79.0 cm³/mol. The molecule has 0 saturated heterocycles. The minimum atomic E-state index is -0.821. The summed E-state index contributed by atoms with van der Waals surface area (Å²) in [5.41, 5.74) is 4.85. The summed E-state index contributed by atoms with van der Waals surface area (Å²) in [7, 11) is 1.49. The van der Waals surface area contributed by atoms with E-state index in [1.54, 1.807) is 6.92 Å². The lowest BCUT2D eigenvalue weighted by atomic mass is 10.2. The van der Waals surface area contributed by atoms with Gasteiger partial charge in [-0.05, 0) is 13.8 Å². The van der Waals surface area contributed by atoms with Crippen LogP contribution in [0.15, 0.2) is 6.20 Å². The molecule has 2 heterocycles. The van der Waals surface area contributed by atoms with Crippen LogP contribution in [0.3, 0.4) is 0 Å². The van der Waals surface area contributed by atoms with E-state index in [2.05, 4.69) is 15.5 Å². The third-order valence-corrected chi connectivity index (χ3v) is 3.32. The fraction of sp³-hybridized carbons (Fsp3) is 0.333. The molecule has 0 radical (unpaired) electrons. The molecular weight excluding hydrogens is 306 g/mol. The zero-order valence-corrected chi connectivity index (χ0v) is 12.7. The summed E-state index contributed by atoms with van der Waals surface area (Å²) < 4.78 is 2.55. The smallest absolute Gasteiger partial charge is 0.322 e. The van der Waals surface area contributed by atoms with Crippen LogP contribution in [0.1, 0.15) is 33.6 Å². The number of nitrogens with one attached hydrogen (secondary N) is 1. The number of nitrogens with two attached hydrogens (primary N) is 1. The first kappa shape index (κ1) is 16.1. The van der Waals surface area contributed by atoms with Gasteiger partial charge in [-0.2, -0.15) is 10.2 Å². The number of anilines is 1. The van der Waals surface area contributed by atoms with E-state index in [1.807, 2.05) is 0 Å². The molecule has 2 aromatic heterocycles. The zero-order valence-electron chi connectivity index (χ0n) is 12.7. The summed E-state index contributed by atoms with van der Waals surface area (Å²) in [6.45, 7) is 3.60. The molecule has 2 amide bonds. The van der Waals surface area contributed by atoms with Crippen LogP contribution < -0.4 is 11.1 Å². The largest absolute Gasteiger partial charge is 0.364 e. The van der Waals surface area contributed by atoms with Gasteiger partial charge in [0.1, 0.15) is 11.4 Å². The van der Waals surface area contributed by atoms with Crippen molar-refractivity contribution in [2.24, 2.45) is 12.8 Å². The van der Waals surface area contributed by atoms with Crippen LogP contribution in [0.2, 0.25) is 0 Å². The Hall–Kier alpha value is -3.24. The number of hydrogen-bond acceptors (Lipinski definition) is 6. The van der Waals surface area contributed by atoms with Crippen LogP contribution in [0.4, 0.5) is 11.4 Å². The summed E-state index contributed by atoms with van der Waals surface area (Å²) >= 11 is 0. The van der Waals surface area contributed by atoms with E-state index in [4.69, 9.17) is 5.73 Å². The highest BCUT2D eigenvalue weighted by atomic mass is 16.6. The Morgan fingerprint density at radius 3 is 2.65 bits per heavy atom. The first-order valence-corrected chi connectivity index (χ1v) is 6.62. The van der Waals surface area contributed by atoms with Crippen molar-refractivity contribution in [3.63, 3.8) is 0 Å². The monoisotopic (exact) mass is 321 g/mol. The second kappa shape index (κ2) is 5.87. The van der Waals surface area contributed by atoms with Gasteiger partial charge in [0.15, 0.2) is 0 Å². The molecule has 0 aliphatic rings. The number of aryl methyl sites for hydroxylation is 2. The van der Waals surface area contributed by atoms with Crippen molar-refractivity contribution in [2.45, 2.75) is 20.4 Å². The van der Waals surface area contributed by atoms with Gasteiger partial charge in [0.25, 0.3) is 11.8 Å². The number of rotatable bonds is 5. The molecule has 0 aliphatic carbocycles. The number of nitrogens with zero attached hydrogens (tertiary/aromatic N) is 5. The van der Waals surface area contributed by atoms with Gasteiger partial charge in [-0.1, -0.05) is 0 Å². The maximum Gasteiger partial charge on any atom is 0.322 e. The first-order chi connectivity index (χ1) is 10.8. The topological polar surface area (TPSA) is 151 Å². The normalized spacial score (nSPS) is 10.6. The van der Waals surface area contributed by atoms with Gasteiger partial charge >= 0.3 is 5.69 Å². The minimum absolute atomic E-state index is 0.0103. The lowest BCUT2D eigenvalue weighted by Gasteiger charge is -2.04. The fourth-order valence-corrected chi connectivity index (χ4v) is 2.13. The molecule has 0 fully saturated rings. The molecule has 0 spiro atoms. The Morgan fingerprint density at radius 1 is 1.48 bits per heavy atom. The molecule has 2 aromatic rings. The van der Waals surface area contributed by atoms with Gasteiger partial charge in [0.2, 0.25) is 5.69 Å². The van der Waals surface area contributed by atoms with Gasteiger partial charge in [0, 0.05) is 13.6 Å². The van der Waals surface area contributed by atoms with E-state index in [9.17, 15) is 19.7 Å². The standard InChI is InChI=1S/C12H15N7O4/c1-4-18-10(11(13)20)7(5-14-18)15-12(21)8-9(19(22)23)6(2)17(3)16-8/h5H,4H2,1-3H3,(H2,13,20)(H,15,21). The molecule has 0 aliphatic heterocycles. The van der Waals surface area contributed by atoms with E-state index in [1.165, 1.54) is 29.5 Å². The van der Waals surface area contributed by atoms with Crippen molar-refractivity contribution >= 4 is 23.2 Å². The van der Waals surface area contributed by atoms with Crippen LogP contribution in [-0.2, 0) is 13.6 Å². The minimum Gasteiger partial charge on any atom is -0.364 e. The lowest BCUT2D eigenvalue weighted by molar-refractivity contribution is -0.385. The molecular formula is C12H15N7O4. The fourth-order valence-electron chi connectivity index (χ4n) is 2.13. The average Bonchev–Trinajstić information content (AvgIpc) is 3.00. The highest BCUT2D eigenvalue weighted by molar-refractivity contribution is 6.09. The van der Waals surface area contributed by atoms with Crippen molar-refractivity contribution in [3.05, 3.63) is 33.4 Å². The third kappa shape index (κ3) is 2.75. The SMILES string of the molecule is CCn1ncc(NC(=O)c2nn(C)c(C)c2[N+](=O)[O-])c1C(N)=O. The summed E-state index contributed by atoms with van der Waals surface area (Å²) in [6, 6.07) is 0. The Labute approximate surface area is 130 Å². The Balaban J connectivity index is 2.42. The number of nitro groups is 1. The van der Waals surface area contributed by atoms with E-state index in [-0.39, 0.29) is 22.8 Å². The Bertz CT molecular complexity index is 805. The van der Waals surface area contributed by atoms with Crippen LogP contribution in [0.5, 0.6) is 0 Å². The molecule has 11 heteroatoms. The molecule has 0 saturated carbocycles. The highest BCUT2D eigenvalue weighted by Gasteiger charge is 2.30. The van der Waals surface area contributed by atoms with E-state index >= 15 is 0 Å². The van der Waals surface area contributed by atoms with Crippen LogP contribution >= 0.6 is 0 Å². The van der Waals surface area contributed by atoms with E-state index < -0.39 is 22.4 Å². The number of primary amides is 1. The highest BCUT2D eigenvalue weighted by Crippen LogP contribution is 2.24. The summed E-state index contributed by atoms with van der Waals surface area (Å²) in [5.74, 6) is -1.59. The second-order valence-electron chi connectivity index (χ2n) is 4.70. The number of aromatic nitrogens is 4. The van der Waals surface area contributed by atoms with Crippen molar-refractivity contribution in [1.29, 1.82) is 0 Å². The summed E-state index contributed by atoms with van der Waals surface area (Å²) in [5, 5.41) is 21.3. The van der Waals surface area contributed by atoms with Crippen molar-refractivity contribution < 1.29 is 14.5 Å². The van der Waals surface area contributed by atoms with Crippen molar-refractivity contribution in [3.8, 4) is 0 Å². The number of carbonyl (C=O) groups excluding carboxylic acids is 2. The molecule has 0 bridgehead atoms. The average molecular weight is 321 g/mol. The van der Waals surface area contributed by atoms with Gasteiger partial charge < -0.3 is 11.1 Å². The van der Waals surface area contributed by atoms with E-state index in [0.29, 0.717) is 6.54 Å². The summed E-state index contributed by atoms with van der Waals surface area (Å²) in [6.07, 6.45) is 1.25. The molecule has 0 aromatic carbocycles. The number of hydrogen-bond donors (Lipinski definition) is 2. The molecule has 122 valence electrons. The quantitative estimate of drug-likeness (QED) is 0.593. The summed E-state index contributed by atoms with van der Waals surface area (Å²) in [4.78, 5) is 34.2. The Morgan fingerprint density at radius 2 is 2.13 bits per heavy atom.